The molecule has 6 rings (SSSR count). The Morgan fingerprint density at radius 2 is 0.667 bits per heavy atom. The van der Waals surface area contributed by atoms with Crippen molar-refractivity contribution < 1.29 is 36.2 Å². The van der Waals surface area contributed by atoms with Gasteiger partial charge < -0.3 is 0 Å². The maximum absolute atomic E-state index is 7.00. The molecule has 5 heteroatoms. The van der Waals surface area contributed by atoms with E-state index in [0.717, 1.165) is 34.5 Å². The molecular weight excluding hydrogens is 564 g/mol. The molecule has 0 atom stereocenters. The van der Waals surface area contributed by atoms with Gasteiger partial charge in [-0.2, -0.15) is 0 Å². The molecule has 4 aromatic carbocycles. The van der Waals surface area contributed by atoms with Crippen LogP contribution in [0.4, 0.5) is 0 Å². The van der Waals surface area contributed by atoms with Crippen molar-refractivity contribution in [3.63, 3.8) is 0 Å². The van der Waals surface area contributed by atoms with Gasteiger partial charge in [-0.25, -0.2) is 0 Å². The van der Waals surface area contributed by atoms with Gasteiger partial charge in [0, 0.05) is 0 Å². The van der Waals surface area contributed by atoms with Crippen LogP contribution in [0.15, 0.2) is 158 Å². The van der Waals surface area contributed by atoms with Gasteiger partial charge in [0.25, 0.3) is 0 Å². The van der Waals surface area contributed by atoms with Gasteiger partial charge in [-0.3, -0.25) is 0 Å². The monoisotopic (exact) mass is 590 g/mol. The first-order valence-corrected chi connectivity index (χ1v) is 17.9. The fourth-order valence-electron chi connectivity index (χ4n) is 4.68. The van der Waals surface area contributed by atoms with Crippen molar-refractivity contribution in [1.29, 1.82) is 0 Å². The van der Waals surface area contributed by atoms with Crippen molar-refractivity contribution in [3.05, 3.63) is 158 Å². The molecule has 0 unspecified atom stereocenters. The zero-order chi connectivity index (χ0) is 26.3. The molecule has 0 saturated heterocycles. The zero-order valence-corrected chi connectivity index (χ0v) is 23.8. The standard InChI is InChI=1S/2C12H10O2.2C5H5.Zr/c2*13-10-6-8-12(9-7-10)14-11-4-2-1-3-5-11;2*1-2-4-5-3-1;/h2*1-9,13H;2*1-5H;/q;;;;+2/p-2. The van der Waals surface area contributed by atoms with E-state index in [0.29, 0.717) is 0 Å². The third kappa shape index (κ3) is 6.00. The average molecular weight is 592 g/mol. The first-order chi connectivity index (χ1) is 19.3. The number of benzene rings is 4. The van der Waals surface area contributed by atoms with Crippen LogP contribution in [-0.4, -0.2) is 0 Å². The molecule has 2 aliphatic rings. The van der Waals surface area contributed by atoms with E-state index >= 15 is 0 Å². The Balaban J connectivity index is 1.27. The van der Waals surface area contributed by atoms with E-state index in [-0.39, 0.29) is 7.25 Å². The van der Waals surface area contributed by atoms with Crippen LogP contribution in [-0.2, 0) is 21.1 Å². The molecule has 0 saturated carbocycles. The summed E-state index contributed by atoms with van der Waals surface area (Å²) in [5.74, 6) is 4.65. The minimum absolute atomic E-state index is 0.0946. The van der Waals surface area contributed by atoms with Gasteiger partial charge >= 0.3 is 236 Å². The van der Waals surface area contributed by atoms with E-state index in [1.165, 1.54) is 0 Å². The topological polar surface area (TPSA) is 36.9 Å². The molecule has 2 aliphatic carbocycles. The number of ether oxygens (including phenoxy) is 2. The van der Waals surface area contributed by atoms with Crippen LogP contribution in [0.2, 0.25) is 7.25 Å². The molecule has 0 spiro atoms. The minimum atomic E-state index is -4.04. The van der Waals surface area contributed by atoms with E-state index in [4.69, 9.17) is 15.1 Å². The Morgan fingerprint density at radius 3 is 1.03 bits per heavy atom. The first-order valence-electron chi connectivity index (χ1n) is 13.0. The summed E-state index contributed by atoms with van der Waals surface area (Å²) in [6, 6.07) is 35.1. The molecule has 4 nitrogen and oxygen atoms in total. The molecule has 0 aromatic heterocycles. The van der Waals surface area contributed by atoms with Crippen LogP contribution < -0.4 is 15.1 Å². The maximum atomic E-state index is 7.00. The van der Waals surface area contributed by atoms with E-state index in [1.807, 2.05) is 109 Å². The van der Waals surface area contributed by atoms with Crippen molar-refractivity contribution in [2.45, 2.75) is 7.25 Å². The third-order valence-electron chi connectivity index (χ3n) is 6.59. The van der Waals surface area contributed by atoms with Gasteiger partial charge in [0.2, 0.25) is 0 Å². The number of hydrogen-bond donors (Lipinski definition) is 0. The predicted molar refractivity (Wildman–Crippen MR) is 151 cm³/mol. The molecule has 192 valence electrons. The van der Waals surface area contributed by atoms with Gasteiger partial charge in [-0.05, 0) is 0 Å². The molecule has 0 radical (unpaired) electrons. The molecule has 4 aromatic rings. The summed E-state index contributed by atoms with van der Waals surface area (Å²) in [4.78, 5) is 0. The van der Waals surface area contributed by atoms with Crippen molar-refractivity contribution in [3.8, 4) is 34.5 Å². The molecule has 0 aliphatic heterocycles. The molecule has 0 heterocycles. The summed E-state index contributed by atoms with van der Waals surface area (Å²) < 4.78 is 26.2. The fourth-order valence-corrected chi connectivity index (χ4v) is 13.4. The predicted octanol–water partition coefficient (Wildman–Crippen LogP) is 9.54. The van der Waals surface area contributed by atoms with E-state index in [2.05, 4.69) is 48.6 Å². The van der Waals surface area contributed by atoms with Crippen molar-refractivity contribution in [1.82, 2.24) is 0 Å². The van der Waals surface area contributed by atoms with Crippen LogP contribution in [0.3, 0.4) is 0 Å². The molecule has 39 heavy (non-hydrogen) atoms. The summed E-state index contributed by atoms with van der Waals surface area (Å²) in [5.41, 5.74) is 0. The van der Waals surface area contributed by atoms with Gasteiger partial charge in [0.1, 0.15) is 0 Å². The van der Waals surface area contributed by atoms with Gasteiger partial charge in [-0.1, -0.05) is 0 Å². The zero-order valence-electron chi connectivity index (χ0n) is 21.3. The van der Waals surface area contributed by atoms with Gasteiger partial charge in [-0.15, -0.1) is 0 Å². The second-order valence-corrected chi connectivity index (χ2v) is 17.1. The normalized spacial score (nSPS) is 14.6. The van der Waals surface area contributed by atoms with Crippen LogP contribution >= 0.6 is 0 Å². The number of para-hydroxylation sites is 2. The SMILES string of the molecule is C1=C[CH]([Zr]([O]c2ccc(Oc3ccccc3)cc2)([O]c2ccc(Oc3ccccc3)cc2)[CH]2C=CC=C2)C=C1. The van der Waals surface area contributed by atoms with Crippen LogP contribution in [0, 0.1) is 0 Å². The molecule has 0 N–H and O–H groups in total. The van der Waals surface area contributed by atoms with Crippen molar-refractivity contribution in [2.24, 2.45) is 0 Å². The summed E-state index contributed by atoms with van der Waals surface area (Å²) in [5, 5.41) is 0. The quantitative estimate of drug-likeness (QED) is 0.184. The average Bonchev–Trinajstić information content (AvgIpc) is 3.72. The molecule has 0 bridgehead atoms. The summed E-state index contributed by atoms with van der Waals surface area (Å²) in [7, 11) is 0. The number of allylic oxidation sites excluding steroid dienone is 8. The van der Waals surface area contributed by atoms with Gasteiger partial charge in [0.15, 0.2) is 0 Å². The van der Waals surface area contributed by atoms with Crippen LogP contribution in [0.5, 0.6) is 34.5 Å². The Labute approximate surface area is 234 Å². The Morgan fingerprint density at radius 1 is 0.359 bits per heavy atom. The molecular formula is C34H28O4Zr. The van der Waals surface area contributed by atoms with Crippen LogP contribution in [0.1, 0.15) is 0 Å². The molecule has 0 fully saturated rings. The Kier molecular flexibility index (Phi) is 7.60. The summed E-state index contributed by atoms with van der Waals surface area (Å²) in [6.45, 7) is 0. The van der Waals surface area contributed by atoms with Crippen LogP contribution in [0.25, 0.3) is 0 Å². The Bertz CT molecular complexity index is 1350. The van der Waals surface area contributed by atoms with Gasteiger partial charge in [0.05, 0.1) is 0 Å². The molecule has 0 amide bonds. The second-order valence-electron chi connectivity index (χ2n) is 9.29. The fraction of sp³-hybridized carbons (Fsp3) is 0.0588. The summed E-state index contributed by atoms with van der Waals surface area (Å²) >= 11 is -4.04. The van der Waals surface area contributed by atoms with E-state index in [9.17, 15) is 0 Å². The summed E-state index contributed by atoms with van der Waals surface area (Å²) in [6.07, 6.45) is 17.1. The first kappa shape index (κ1) is 25.2. The van der Waals surface area contributed by atoms with E-state index in [1.54, 1.807) is 0 Å². The van der Waals surface area contributed by atoms with Crippen molar-refractivity contribution in [2.75, 3.05) is 0 Å². The number of hydrogen-bond acceptors (Lipinski definition) is 4. The van der Waals surface area contributed by atoms with E-state index < -0.39 is 21.1 Å². The third-order valence-corrected chi connectivity index (χ3v) is 15.8. The Hall–Kier alpha value is -4.08. The number of rotatable bonds is 10. The second kappa shape index (κ2) is 11.8. The van der Waals surface area contributed by atoms with Crippen molar-refractivity contribution >= 4 is 0 Å².